The van der Waals surface area contributed by atoms with Gasteiger partial charge in [0.15, 0.2) is 5.78 Å². The van der Waals surface area contributed by atoms with Gasteiger partial charge in [0.1, 0.15) is 12.6 Å². The molecule has 0 bridgehead atoms. The number of aliphatic hydroxyl groups is 1. The molecule has 0 spiro atoms. The summed E-state index contributed by atoms with van der Waals surface area (Å²) in [4.78, 5) is 36.1. The molecule has 0 aliphatic carbocycles. The number of rotatable bonds is 9. The summed E-state index contributed by atoms with van der Waals surface area (Å²) in [5.41, 5.74) is 8.11. The monoisotopic (exact) mass is 476 g/mol. The van der Waals surface area contributed by atoms with Crippen LogP contribution < -0.4 is 21.7 Å². The summed E-state index contributed by atoms with van der Waals surface area (Å²) in [7, 11) is 0. The Morgan fingerprint density at radius 2 is 1.60 bits per heavy atom. The van der Waals surface area contributed by atoms with E-state index >= 15 is 0 Å². The molecule has 1 aliphatic heterocycles. The number of nitrogens with one attached hydrogen (secondary N) is 3. The Labute approximate surface area is 205 Å². The number of amides is 2. The normalized spacial score (nSPS) is 14.3. The van der Waals surface area contributed by atoms with Crippen LogP contribution in [0.15, 0.2) is 48.5 Å². The van der Waals surface area contributed by atoms with E-state index in [0.29, 0.717) is 17.9 Å². The number of benzene rings is 2. The zero-order valence-corrected chi connectivity index (χ0v) is 19.7. The first kappa shape index (κ1) is 26.1. The van der Waals surface area contributed by atoms with E-state index in [1.807, 2.05) is 24.3 Å². The van der Waals surface area contributed by atoms with Crippen molar-refractivity contribution in [1.82, 2.24) is 10.6 Å². The van der Waals surface area contributed by atoms with Gasteiger partial charge in [-0.2, -0.15) is 0 Å². The van der Waals surface area contributed by atoms with Crippen molar-refractivity contribution in [2.24, 2.45) is 11.7 Å². The summed E-state index contributed by atoms with van der Waals surface area (Å²) >= 11 is 0. The molecule has 8 nitrogen and oxygen atoms in total. The maximum atomic E-state index is 12.3. The maximum Gasteiger partial charge on any atom is 0.251 e. The van der Waals surface area contributed by atoms with E-state index in [9.17, 15) is 14.4 Å². The highest BCUT2D eigenvalue weighted by Crippen LogP contribution is 2.18. The summed E-state index contributed by atoms with van der Waals surface area (Å²) in [5, 5.41) is 17.7. The highest BCUT2D eigenvalue weighted by Gasteiger charge is 2.19. The standard InChI is InChI=1S/C27H32N4O4/c28-17-24(25(33)18-32)31-27(35)22-8-3-19(4-9-22)1-2-20-5-10-23(11-6-20)30-26(34)12-7-21-13-15-29-16-14-21/h3-6,8-11,21,24,29,32H,7,12-18,28H2,(H,30,34)(H,31,35)/t24-/m0/s1. The number of nitrogens with two attached hydrogens (primary N) is 1. The van der Waals surface area contributed by atoms with Crippen LogP contribution in [-0.2, 0) is 9.59 Å². The van der Waals surface area contributed by atoms with Crippen molar-refractivity contribution < 1.29 is 19.5 Å². The maximum absolute atomic E-state index is 12.3. The molecule has 0 saturated carbocycles. The van der Waals surface area contributed by atoms with Gasteiger partial charge in [0, 0.05) is 35.3 Å². The Hall–Kier alpha value is -3.51. The first-order valence-electron chi connectivity index (χ1n) is 11.9. The number of anilines is 1. The minimum atomic E-state index is -0.922. The highest BCUT2D eigenvalue weighted by molar-refractivity contribution is 5.98. The fraction of sp³-hybridized carbons (Fsp3) is 0.370. The molecule has 35 heavy (non-hydrogen) atoms. The lowest BCUT2D eigenvalue weighted by atomic mass is 9.93. The second kappa shape index (κ2) is 13.4. The van der Waals surface area contributed by atoms with Crippen LogP contribution in [0.3, 0.4) is 0 Å². The van der Waals surface area contributed by atoms with Gasteiger partial charge in [-0.15, -0.1) is 0 Å². The van der Waals surface area contributed by atoms with E-state index in [4.69, 9.17) is 10.8 Å². The minimum absolute atomic E-state index is 0.0324. The molecular formula is C27H32N4O4. The average Bonchev–Trinajstić information content (AvgIpc) is 2.90. The number of aliphatic hydroxyl groups excluding tert-OH is 1. The molecule has 3 rings (SSSR count). The molecule has 1 saturated heterocycles. The number of hydrogen-bond acceptors (Lipinski definition) is 6. The Morgan fingerprint density at radius 1 is 1.00 bits per heavy atom. The Balaban J connectivity index is 1.50. The number of carbonyl (C=O) groups is 3. The number of ketones is 1. The predicted molar refractivity (Wildman–Crippen MR) is 135 cm³/mol. The number of piperidine rings is 1. The van der Waals surface area contributed by atoms with Gasteiger partial charge in [-0.3, -0.25) is 14.4 Å². The van der Waals surface area contributed by atoms with Crippen molar-refractivity contribution in [3.05, 3.63) is 65.2 Å². The van der Waals surface area contributed by atoms with Crippen molar-refractivity contribution >= 4 is 23.3 Å². The number of Topliss-reactive ketones (excluding diaryl/α,β-unsaturated/α-hetero) is 1. The highest BCUT2D eigenvalue weighted by atomic mass is 16.3. The van der Waals surface area contributed by atoms with Crippen molar-refractivity contribution in [2.75, 3.05) is 31.6 Å². The molecule has 1 atom stereocenters. The van der Waals surface area contributed by atoms with Crippen LogP contribution in [0.5, 0.6) is 0 Å². The third kappa shape index (κ3) is 8.34. The summed E-state index contributed by atoms with van der Waals surface area (Å²) in [6.07, 6.45) is 3.73. The summed E-state index contributed by atoms with van der Waals surface area (Å²) in [5.74, 6) is 5.78. The third-order valence-corrected chi connectivity index (χ3v) is 5.99. The molecule has 0 aromatic heterocycles. The van der Waals surface area contributed by atoms with E-state index in [1.165, 1.54) is 0 Å². The van der Waals surface area contributed by atoms with E-state index in [-0.39, 0.29) is 12.5 Å². The lowest BCUT2D eigenvalue weighted by Gasteiger charge is -2.22. The Kier molecular flexibility index (Phi) is 9.99. The molecule has 184 valence electrons. The first-order chi connectivity index (χ1) is 17.0. The lowest BCUT2D eigenvalue weighted by Crippen LogP contribution is -2.46. The van der Waals surface area contributed by atoms with E-state index in [2.05, 4.69) is 27.8 Å². The summed E-state index contributed by atoms with van der Waals surface area (Å²) < 4.78 is 0. The molecule has 1 fully saturated rings. The topological polar surface area (TPSA) is 134 Å². The van der Waals surface area contributed by atoms with Crippen LogP contribution in [0.25, 0.3) is 0 Å². The molecule has 0 radical (unpaired) electrons. The molecule has 0 unspecified atom stereocenters. The van der Waals surface area contributed by atoms with Crippen LogP contribution in [0.2, 0.25) is 0 Å². The van der Waals surface area contributed by atoms with Crippen LogP contribution in [-0.4, -0.2) is 55.0 Å². The molecule has 2 amide bonds. The average molecular weight is 477 g/mol. The molecule has 1 heterocycles. The minimum Gasteiger partial charge on any atom is -0.388 e. The summed E-state index contributed by atoms with van der Waals surface area (Å²) in [6, 6.07) is 13.1. The Morgan fingerprint density at radius 3 is 2.17 bits per heavy atom. The van der Waals surface area contributed by atoms with Crippen LogP contribution in [0, 0.1) is 17.8 Å². The van der Waals surface area contributed by atoms with E-state index in [0.717, 1.165) is 49.2 Å². The quantitative estimate of drug-likeness (QED) is 0.348. The van der Waals surface area contributed by atoms with E-state index in [1.54, 1.807) is 24.3 Å². The molecular weight excluding hydrogens is 444 g/mol. The smallest absolute Gasteiger partial charge is 0.251 e. The van der Waals surface area contributed by atoms with Gasteiger partial charge in [-0.25, -0.2) is 0 Å². The van der Waals surface area contributed by atoms with Crippen LogP contribution >= 0.6 is 0 Å². The fourth-order valence-corrected chi connectivity index (χ4v) is 3.84. The SMILES string of the molecule is NC[C@H](NC(=O)c1ccc(C#Cc2ccc(NC(=O)CCC3CCNCC3)cc2)cc1)C(=O)CO. The lowest BCUT2D eigenvalue weighted by molar-refractivity contribution is -0.123. The molecule has 8 heteroatoms. The zero-order chi connectivity index (χ0) is 25.0. The van der Waals surface area contributed by atoms with Gasteiger partial charge < -0.3 is 26.8 Å². The van der Waals surface area contributed by atoms with Gasteiger partial charge in [0.2, 0.25) is 5.91 Å². The number of carbonyl (C=O) groups excluding carboxylic acids is 3. The zero-order valence-electron chi connectivity index (χ0n) is 19.7. The van der Waals surface area contributed by atoms with Gasteiger partial charge >= 0.3 is 0 Å². The van der Waals surface area contributed by atoms with Gasteiger partial charge in [-0.05, 0) is 86.8 Å². The fourth-order valence-electron chi connectivity index (χ4n) is 3.84. The summed E-state index contributed by atoms with van der Waals surface area (Å²) in [6.45, 7) is 1.31. The third-order valence-electron chi connectivity index (χ3n) is 5.99. The molecule has 2 aromatic rings. The first-order valence-corrected chi connectivity index (χ1v) is 11.9. The van der Waals surface area contributed by atoms with Gasteiger partial charge in [0.25, 0.3) is 5.91 Å². The largest absolute Gasteiger partial charge is 0.388 e. The molecule has 2 aromatic carbocycles. The van der Waals surface area contributed by atoms with Crippen LogP contribution in [0.1, 0.15) is 47.2 Å². The van der Waals surface area contributed by atoms with Gasteiger partial charge in [-0.1, -0.05) is 11.8 Å². The number of hydrogen-bond donors (Lipinski definition) is 5. The molecule has 1 aliphatic rings. The van der Waals surface area contributed by atoms with Crippen molar-refractivity contribution in [2.45, 2.75) is 31.7 Å². The van der Waals surface area contributed by atoms with Gasteiger partial charge in [0.05, 0.1) is 0 Å². The van der Waals surface area contributed by atoms with Crippen LogP contribution in [0.4, 0.5) is 5.69 Å². The van der Waals surface area contributed by atoms with Crippen molar-refractivity contribution in [1.29, 1.82) is 0 Å². The van der Waals surface area contributed by atoms with E-state index < -0.39 is 24.3 Å². The molecule has 6 N–H and O–H groups in total. The second-order valence-electron chi connectivity index (χ2n) is 8.57. The predicted octanol–water partition coefficient (Wildman–Crippen LogP) is 1.42. The van der Waals surface area contributed by atoms with Crippen molar-refractivity contribution in [3.63, 3.8) is 0 Å². The Bertz CT molecular complexity index is 1070. The van der Waals surface area contributed by atoms with Crippen molar-refractivity contribution in [3.8, 4) is 11.8 Å². The second-order valence-corrected chi connectivity index (χ2v) is 8.57.